The number of rotatable bonds is 2. The van der Waals surface area contributed by atoms with E-state index < -0.39 is 12.1 Å². The first kappa shape index (κ1) is 22.8. The van der Waals surface area contributed by atoms with Gasteiger partial charge in [-0.1, -0.05) is 5.92 Å². The summed E-state index contributed by atoms with van der Waals surface area (Å²) < 4.78 is 50.3. The zero-order chi connectivity index (χ0) is 22.3. The molecule has 10 heteroatoms. The fraction of sp³-hybridized carbons (Fsp3) is 0.150. The second-order valence-corrected chi connectivity index (χ2v) is 6.68. The summed E-state index contributed by atoms with van der Waals surface area (Å²) >= 11 is 1.57. The van der Waals surface area contributed by atoms with E-state index in [-0.39, 0.29) is 5.82 Å². The van der Waals surface area contributed by atoms with Crippen molar-refractivity contribution < 1.29 is 37.2 Å². The monoisotopic (exact) mass is 438 g/mol. The van der Waals surface area contributed by atoms with Crippen LogP contribution in [0.5, 0.6) is 5.75 Å². The van der Waals surface area contributed by atoms with Crippen molar-refractivity contribution in [1.82, 2.24) is 4.98 Å². The summed E-state index contributed by atoms with van der Waals surface area (Å²) in [6.45, 7) is 1.95. The second kappa shape index (κ2) is 9.84. The molecule has 0 aliphatic heterocycles. The van der Waals surface area contributed by atoms with Crippen molar-refractivity contribution in [3.05, 3.63) is 64.0 Å². The number of carbonyl (C=O) groups excluding carboxylic acids is 1. The van der Waals surface area contributed by atoms with E-state index in [0.29, 0.717) is 11.3 Å². The van der Waals surface area contributed by atoms with Gasteiger partial charge in [-0.25, -0.2) is 14.4 Å². The number of halogens is 4. The first-order valence-corrected chi connectivity index (χ1v) is 9.06. The van der Waals surface area contributed by atoms with Gasteiger partial charge < -0.3 is 14.6 Å². The molecule has 0 unspecified atom stereocenters. The highest BCUT2D eigenvalue weighted by Crippen LogP contribution is 2.27. The molecule has 0 saturated heterocycles. The van der Waals surface area contributed by atoms with Crippen molar-refractivity contribution in [3.63, 3.8) is 0 Å². The summed E-state index contributed by atoms with van der Waals surface area (Å²) in [5.74, 6) is 3.36. The number of carbonyl (C=O) groups is 1. The minimum Gasteiger partial charge on any atom is -0.542 e. The average molecular weight is 438 g/mol. The van der Waals surface area contributed by atoms with Gasteiger partial charge in [0.15, 0.2) is 6.20 Å². The highest BCUT2D eigenvalue weighted by molar-refractivity contribution is 7.09. The highest BCUT2D eigenvalue weighted by Gasteiger charge is 2.28. The van der Waals surface area contributed by atoms with Gasteiger partial charge in [-0.15, -0.1) is 11.3 Å². The van der Waals surface area contributed by atoms with E-state index in [1.165, 1.54) is 12.1 Å². The van der Waals surface area contributed by atoms with Crippen molar-refractivity contribution >= 4 is 17.3 Å². The number of aromatic nitrogens is 2. The maximum atomic E-state index is 13.5. The lowest BCUT2D eigenvalue weighted by Gasteiger charge is -2.04. The van der Waals surface area contributed by atoms with Crippen LogP contribution >= 0.6 is 11.3 Å². The molecule has 0 spiro atoms. The van der Waals surface area contributed by atoms with Crippen molar-refractivity contribution in [1.29, 1.82) is 0 Å². The Labute approximate surface area is 173 Å². The van der Waals surface area contributed by atoms with Crippen molar-refractivity contribution in [2.75, 3.05) is 7.11 Å². The molecule has 1 aromatic carbocycles. The molecule has 2 heterocycles. The van der Waals surface area contributed by atoms with Gasteiger partial charge in [0.05, 0.1) is 23.2 Å². The smallest absolute Gasteiger partial charge is 0.430 e. The Balaban J connectivity index is 0.000000396. The van der Waals surface area contributed by atoms with Gasteiger partial charge >= 0.3 is 6.18 Å². The lowest BCUT2D eigenvalue weighted by Crippen LogP contribution is -2.37. The molecule has 0 saturated carbocycles. The van der Waals surface area contributed by atoms with Gasteiger partial charge in [0.1, 0.15) is 23.2 Å². The number of hydrogen-bond acceptors (Lipinski definition) is 5. The number of aromatic amines is 1. The molecule has 3 aromatic rings. The topological polar surface area (TPSA) is 76.4 Å². The quantitative estimate of drug-likeness (QED) is 0.456. The summed E-state index contributed by atoms with van der Waals surface area (Å²) in [6, 6.07) is 8.15. The number of benzene rings is 1. The summed E-state index contributed by atoms with van der Waals surface area (Å²) in [6.07, 6.45) is -3.41. The number of nitrogens with one attached hydrogen (secondary N) is 1. The molecular weight excluding hydrogens is 424 g/mol. The van der Waals surface area contributed by atoms with Crippen molar-refractivity contribution in [3.8, 4) is 28.8 Å². The van der Waals surface area contributed by atoms with Crippen LogP contribution in [0.4, 0.5) is 17.6 Å². The minimum atomic E-state index is -5.19. The van der Waals surface area contributed by atoms with Gasteiger partial charge in [-0.2, -0.15) is 13.2 Å². The number of methoxy groups -OCH3 is 1. The maximum absolute atomic E-state index is 13.5. The first-order valence-electron chi connectivity index (χ1n) is 8.18. The summed E-state index contributed by atoms with van der Waals surface area (Å²) in [5, 5.41) is 11.7. The Morgan fingerprint density at radius 2 is 1.93 bits per heavy atom. The highest BCUT2D eigenvalue weighted by atomic mass is 32.1. The fourth-order valence-corrected chi connectivity index (χ4v) is 2.66. The average Bonchev–Trinajstić information content (AvgIpc) is 3.12. The number of aliphatic carboxylic acids is 1. The van der Waals surface area contributed by atoms with E-state index in [1.54, 1.807) is 30.7 Å². The van der Waals surface area contributed by atoms with Gasteiger partial charge in [-0.3, -0.25) is 0 Å². The van der Waals surface area contributed by atoms with E-state index in [9.17, 15) is 17.6 Å². The molecule has 0 bridgehead atoms. The van der Waals surface area contributed by atoms with Crippen LogP contribution in [0.25, 0.3) is 11.3 Å². The molecule has 0 amide bonds. The zero-order valence-corrected chi connectivity index (χ0v) is 16.5. The molecule has 0 fully saturated rings. The predicted molar refractivity (Wildman–Crippen MR) is 98.8 cm³/mol. The predicted octanol–water partition coefficient (Wildman–Crippen LogP) is 2.78. The van der Waals surface area contributed by atoms with Gasteiger partial charge in [-0.05, 0) is 37.1 Å². The minimum absolute atomic E-state index is 0.308. The Kier molecular flexibility index (Phi) is 7.49. The van der Waals surface area contributed by atoms with E-state index in [2.05, 4.69) is 21.8 Å². The van der Waals surface area contributed by atoms with Crippen LogP contribution in [-0.2, 0) is 4.79 Å². The molecule has 3 rings (SSSR count). The Morgan fingerprint density at radius 1 is 1.23 bits per heavy atom. The zero-order valence-electron chi connectivity index (χ0n) is 15.6. The number of nitrogens with zero attached hydrogens (tertiary/aromatic N) is 1. The van der Waals surface area contributed by atoms with Gasteiger partial charge in [0.2, 0.25) is 5.69 Å². The van der Waals surface area contributed by atoms with E-state index in [0.717, 1.165) is 22.0 Å². The number of H-pyrrole nitrogens is 1. The van der Waals surface area contributed by atoms with Crippen LogP contribution in [0, 0.1) is 24.6 Å². The Hall–Kier alpha value is -3.45. The molecule has 0 radical (unpaired) electrons. The number of ether oxygens (including phenoxy) is 1. The van der Waals surface area contributed by atoms with Crippen LogP contribution < -0.4 is 14.8 Å². The number of hydrogen-bond donors (Lipinski definition) is 0. The largest absolute Gasteiger partial charge is 0.542 e. The van der Waals surface area contributed by atoms with E-state index in [1.807, 2.05) is 24.4 Å². The summed E-state index contributed by atoms with van der Waals surface area (Å²) in [4.78, 5) is 16.2. The molecule has 156 valence electrons. The molecule has 1 N–H and O–H groups in total. The molecule has 5 nitrogen and oxygen atoms in total. The van der Waals surface area contributed by atoms with Crippen molar-refractivity contribution in [2.45, 2.75) is 13.1 Å². The fourth-order valence-electron chi connectivity index (χ4n) is 2.12. The van der Waals surface area contributed by atoms with Crippen molar-refractivity contribution in [2.24, 2.45) is 0 Å². The first-order chi connectivity index (χ1) is 14.1. The van der Waals surface area contributed by atoms with E-state index in [4.69, 9.17) is 14.6 Å². The van der Waals surface area contributed by atoms with Crippen LogP contribution in [0.3, 0.4) is 0 Å². The molecule has 0 aliphatic carbocycles. The number of carboxylic acid groups (broad SMARTS) is 1. The number of carboxylic acids is 1. The summed E-state index contributed by atoms with van der Waals surface area (Å²) in [7, 11) is 1.56. The van der Waals surface area contributed by atoms with E-state index >= 15 is 0 Å². The maximum Gasteiger partial charge on any atom is 0.430 e. The van der Waals surface area contributed by atoms with Gasteiger partial charge in [0.25, 0.3) is 0 Å². The number of thiazole rings is 1. The van der Waals surface area contributed by atoms with Gasteiger partial charge in [0, 0.05) is 11.4 Å². The van der Waals surface area contributed by atoms with Crippen LogP contribution in [-0.4, -0.2) is 24.2 Å². The number of aryl methyl sites for hydroxylation is 1. The molecule has 0 atom stereocenters. The summed E-state index contributed by atoms with van der Waals surface area (Å²) in [5.41, 5.74) is 3.02. The number of pyridine rings is 1. The van der Waals surface area contributed by atoms with Crippen LogP contribution in [0.1, 0.15) is 16.3 Å². The van der Waals surface area contributed by atoms with Crippen LogP contribution in [0.15, 0.2) is 41.9 Å². The lowest BCUT2D eigenvalue weighted by atomic mass is 10.1. The molecule has 2 aromatic heterocycles. The third kappa shape index (κ3) is 6.56. The second-order valence-electron chi connectivity index (χ2n) is 5.62. The van der Waals surface area contributed by atoms with Crippen LogP contribution in [0.2, 0.25) is 0 Å². The Morgan fingerprint density at radius 3 is 2.43 bits per heavy atom. The third-order valence-corrected chi connectivity index (χ3v) is 4.22. The standard InChI is InChI=1S/C18H13FN2OS.C2HF3O2/c1-12-21-15(11-23-12)6-3-13-4-7-17(20-10-13)16-9-14(19)5-8-18(16)22-2;3-2(4,5)1(6)7/h4-5,7-11H,1-2H3;(H,6,7). The normalized spacial score (nSPS) is 10.3. The number of alkyl halides is 3. The SMILES string of the molecule is COc1ccc(F)cc1-c1ccc(C#Cc2csc(C)n2)c[nH+]1.O=C([O-])C(F)(F)F. The molecule has 0 aliphatic rings. The lowest BCUT2D eigenvalue weighted by molar-refractivity contribution is -0.365. The molecular formula is C20H14F4N2O3S. The third-order valence-electron chi connectivity index (χ3n) is 3.45. The molecule has 30 heavy (non-hydrogen) atoms. The Bertz CT molecular complexity index is 1080.